The van der Waals surface area contributed by atoms with Gasteiger partial charge in [0.25, 0.3) is 0 Å². The molecule has 1 aromatic carbocycles. The molecule has 5 nitrogen and oxygen atoms in total. The second kappa shape index (κ2) is 5.77. The van der Waals surface area contributed by atoms with E-state index >= 15 is 0 Å². The number of hydrogen-bond acceptors (Lipinski definition) is 3. The Hall–Kier alpha value is -1.42. The molecule has 1 aromatic rings. The van der Waals surface area contributed by atoms with Gasteiger partial charge in [-0.05, 0) is 26.2 Å². The van der Waals surface area contributed by atoms with E-state index in [1.165, 1.54) is 12.1 Å². The van der Waals surface area contributed by atoms with Crippen LogP contribution in [0.25, 0.3) is 4.85 Å². The average molecular weight is 253 g/mol. The molecular formula is C11H15N3O2S. The summed E-state index contributed by atoms with van der Waals surface area (Å²) in [6.07, 6.45) is 0. The third kappa shape index (κ3) is 4.15. The van der Waals surface area contributed by atoms with Gasteiger partial charge >= 0.3 is 0 Å². The minimum Gasteiger partial charge on any atom is -0.308 e. The van der Waals surface area contributed by atoms with E-state index in [0.717, 1.165) is 0 Å². The van der Waals surface area contributed by atoms with E-state index < -0.39 is 10.0 Å². The second-order valence-corrected chi connectivity index (χ2v) is 5.58. The van der Waals surface area contributed by atoms with Crippen LogP contribution in [0.3, 0.4) is 0 Å². The monoisotopic (exact) mass is 253 g/mol. The predicted octanol–water partition coefficient (Wildman–Crippen LogP) is 1.08. The normalized spacial score (nSPS) is 11.4. The van der Waals surface area contributed by atoms with Crippen LogP contribution in [-0.4, -0.2) is 40.5 Å². The first kappa shape index (κ1) is 13.6. The van der Waals surface area contributed by atoms with Crippen LogP contribution in [-0.2, 0) is 10.0 Å². The Kier molecular flexibility index (Phi) is 4.63. The van der Waals surface area contributed by atoms with Gasteiger partial charge in [-0.25, -0.2) is 18.0 Å². The van der Waals surface area contributed by atoms with Crippen LogP contribution in [0.4, 0.5) is 5.69 Å². The first-order chi connectivity index (χ1) is 7.95. The molecule has 1 N–H and O–H groups in total. The van der Waals surface area contributed by atoms with Crippen LogP contribution in [0.15, 0.2) is 29.2 Å². The molecule has 0 saturated carbocycles. The van der Waals surface area contributed by atoms with Crippen LogP contribution in [0.5, 0.6) is 0 Å². The van der Waals surface area contributed by atoms with E-state index in [0.29, 0.717) is 18.8 Å². The van der Waals surface area contributed by atoms with Gasteiger partial charge in [-0.2, -0.15) is 0 Å². The zero-order valence-corrected chi connectivity index (χ0v) is 10.7. The fourth-order valence-electron chi connectivity index (χ4n) is 1.21. The predicted molar refractivity (Wildman–Crippen MR) is 66.4 cm³/mol. The summed E-state index contributed by atoms with van der Waals surface area (Å²) in [6, 6.07) is 5.98. The standard InChI is InChI=1S/C11H15N3O2S/c1-12-10-5-4-6-11(9-10)17(15,16)13-7-8-14(2)3/h4-6,9,13H,7-8H2,2-3H3. The number of hydrogen-bond donors (Lipinski definition) is 1. The molecule has 0 aromatic heterocycles. The third-order valence-corrected chi connectivity index (χ3v) is 3.57. The van der Waals surface area contributed by atoms with E-state index in [4.69, 9.17) is 6.57 Å². The van der Waals surface area contributed by atoms with Crippen molar-refractivity contribution < 1.29 is 8.42 Å². The maximum Gasteiger partial charge on any atom is 0.239 e. The lowest BCUT2D eigenvalue weighted by Crippen LogP contribution is -2.31. The maximum absolute atomic E-state index is 11.8. The van der Waals surface area contributed by atoms with Crippen molar-refractivity contribution in [3.63, 3.8) is 0 Å². The Balaban J connectivity index is 2.79. The van der Waals surface area contributed by atoms with Gasteiger partial charge in [0.15, 0.2) is 5.69 Å². The van der Waals surface area contributed by atoms with Crippen LogP contribution in [0, 0.1) is 6.57 Å². The van der Waals surface area contributed by atoms with Gasteiger partial charge in [-0.3, -0.25) is 0 Å². The number of nitrogens with zero attached hydrogens (tertiary/aromatic N) is 2. The summed E-state index contributed by atoms with van der Waals surface area (Å²) in [4.78, 5) is 5.22. The molecule has 0 radical (unpaired) electrons. The van der Waals surface area contributed by atoms with Crippen molar-refractivity contribution >= 4 is 15.7 Å². The fraction of sp³-hybridized carbons (Fsp3) is 0.364. The summed E-state index contributed by atoms with van der Waals surface area (Å²) in [5, 5.41) is 0. The van der Waals surface area contributed by atoms with Gasteiger partial charge < -0.3 is 4.90 Å². The molecule has 0 aliphatic heterocycles. The molecule has 0 unspecified atom stereocenters. The summed E-state index contributed by atoms with van der Waals surface area (Å²) in [6.45, 7) is 7.81. The summed E-state index contributed by atoms with van der Waals surface area (Å²) < 4.78 is 26.2. The lowest BCUT2D eigenvalue weighted by molar-refractivity contribution is 0.412. The van der Waals surface area contributed by atoms with Crippen molar-refractivity contribution in [1.82, 2.24) is 9.62 Å². The summed E-state index contributed by atoms with van der Waals surface area (Å²) in [5.74, 6) is 0. The highest BCUT2D eigenvalue weighted by Crippen LogP contribution is 2.17. The minimum absolute atomic E-state index is 0.129. The molecule has 6 heteroatoms. The highest BCUT2D eigenvalue weighted by atomic mass is 32.2. The lowest BCUT2D eigenvalue weighted by Gasteiger charge is -2.11. The first-order valence-electron chi connectivity index (χ1n) is 5.07. The van der Waals surface area contributed by atoms with Gasteiger partial charge in [0.2, 0.25) is 10.0 Å². The Bertz CT molecular complexity index is 518. The molecule has 17 heavy (non-hydrogen) atoms. The van der Waals surface area contributed by atoms with Crippen LogP contribution in [0.2, 0.25) is 0 Å². The molecule has 1 rings (SSSR count). The minimum atomic E-state index is -3.51. The van der Waals surface area contributed by atoms with Gasteiger partial charge in [0.05, 0.1) is 11.5 Å². The summed E-state index contributed by atoms with van der Waals surface area (Å²) in [5.41, 5.74) is 0.320. The van der Waals surface area contributed by atoms with Crippen LogP contribution in [0.1, 0.15) is 0 Å². The zero-order chi connectivity index (χ0) is 12.9. The van der Waals surface area contributed by atoms with Gasteiger partial charge in [0.1, 0.15) is 0 Å². The first-order valence-corrected chi connectivity index (χ1v) is 6.56. The smallest absolute Gasteiger partial charge is 0.239 e. The maximum atomic E-state index is 11.8. The number of nitrogens with one attached hydrogen (secondary N) is 1. The molecule has 0 amide bonds. The van der Waals surface area contributed by atoms with Crippen molar-refractivity contribution in [1.29, 1.82) is 0 Å². The zero-order valence-electron chi connectivity index (χ0n) is 9.84. The number of sulfonamides is 1. The van der Waals surface area contributed by atoms with Crippen molar-refractivity contribution in [3.8, 4) is 0 Å². The molecule has 0 spiro atoms. The number of rotatable bonds is 5. The molecule has 0 bridgehead atoms. The van der Waals surface area contributed by atoms with E-state index in [-0.39, 0.29) is 4.90 Å². The number of benzene rings is 1. The molecule has 0 fully saturated rings. The third-order valence-electron chi connectivity index (χ3n) is 2.11. The Morgan fingerprint density at radius 3 is 2.71 bits per heavy atom. The van der Waals surface area contributed by atoms with Gasteiger partial charge in [-0.1, -0.05) is 12.1 Å². The molecule has 0 saturated heterocycles. The van der Waals surface area contributed by atoms with Crippen molar-refractivity contribution in [3.05, 3.63) is 35.7 Å². The van der Waals surface area contributed by atoms with E-state index in [1.807, 2.05) is 19.0 Å². The van der Waals surface area contributed by atoms with E-state index in [2.05, 4.69) is 9.57 Å². The van der Waals surface area contributed by atoms with E-state index in [9.17, 15) is 8.42 Å². The quantitative estimate of drug-likeness (QED) is 0.799. The van der Waals surface area contributed by atoms with Crippen molar-refractivity contribution in [2.24, 2.45) is 0 Å². The molecule has 0 heterocycles. The van der Waals surface area contributed by atoms with Crippen molar-refractivity contribution in [2.45, 2.75) is 4.90 Å². The Morgan fingerprint density at radius 1 is 1.41 bits per heavy atom. The highest BCUT2D eigenvalue weighted by molar-refractivity contribution is 7.89. The Morgan fingerprint density at radius 2 is 2.12 bits per heavy atom. The van der Waals surface area contributed by atoms with Gasteiger partial charge in [-0.15, -0.1) is 0 Å². The van der Waals surface area contributed by atoms with Crippen LogP contribution < -0.4 is 4.72 Å². The highest BCUT2D eigenvalue weighted by Gasteiger charge is 2.13. The van der Waals surface area contributed by atoms with E-state index in [1.54, 1.807) is 12.1 Å². The second-order valence-electron chi connectivity index (χ2n) is 3.81. The fourth-order valence-corrected chi connectivity index (χ4v) is 2.27. The molecule has 0 atom stereocenters. The van der Waals surface area contributed by atoms with Crippen molar-refractivity contribution in [2.75, 3.05) is 27.2 Å². The molecule has 92 valence electrons. The van der Waals surface area contributed by atoms with Gasteiger partial charge in [0, 0.05) is 13.1 Å². The molecule has 0 aliphatic rings. The number of likely N-dealkylation sites (N-methyl/N-ethyl adjacent to an activating group) is 1. The Labute approximate surface area is 102 Å². The molecule has 0 aliphatic carbocycles. The average Bonchev–Trinajstić information content (AvgIpc) is 2.28. The lowest BCUT2D eigenvalue weighted by atomic mass is 10.3. The van der Waals surface area contributed by atoms with Crippen LogP contribution >= 0.6 is 0 Å². The SMILES string of the molecule is [C-]#[N+]c1cccc(S(=O)(=O)NCCN(C)C)c1. The topological polar surface area (TPSA) is 53.8 Å². The summed E-state index contributed by atoms with van der Waals surface area (Å²) in [7, 11) is 0.229. The summed E-state index contributed by atoms with van der Waals surface area (Å²) >= 11 is 0. The molecular weight excluding hydrogens is 238 g/mol. The largest absolute Gasteiger partial charge is 0.308 e.